The molecule has 3 heterocycles. The third kappa shape index (κ3) is 6.62. The van der Waals surface area contributed by atoms with E-state index in [1.807, 2.05) is 12.1 Å². The summed E-state index contributed by atoms with van der Waals surface area (Å²) < 4.78 is 47.1. The number of pyridine rings is 1. The molecule has 0 aliphatic heterocycles. The molecular formula is C44H31IrN3S-2. The van der Waals surface area contributed by atoms with E-state index in [2.05, 4.69) is 124 Å². The molecule has 9 rings (SSSR count). The van der Waals surface area contributed by atoms with Crippen molar-refractivity contribution >= 4 is 43.2 Å². The van der Waals surface area contributed by atoms with Gasteiger partial charge in [-0.25, -0.2) is 0 Å². The van der Waals surface area contributed by atoms with E-state index in [9.17, 15) is 0 Å². The van der Waals surface area contributed by atoms with Crippen molar-refractivity contribution in [1.82, 2.24) is 14.5 Å². The van der Waals surface area contributed by atoms with E-state index in [-0.39, 0.29) is 31.2 Å². The normalized spacial score (nSPS) is 13.2. The van der Waals surface area contributed by atoms with Gasteiger partial charge in [0.15, 0.2) is 0 Å². The molecule has 0 aliphatic rings. The minimum Gasteiger partial charge on any atom is -0.333 e. The zero-order chi connectivity index (χ0) is 37.5. The molecule has 49 heavy (non-hydrogen) atoms. The Hall–Kier alpha value is -5.19. The molecule has 9 aromatic rings. The van der Waals surface area contributed by atoms with Crippen molar-refractivity contribution in [3.63, 3.8) is 0 Å². The first-order valence-corrected chi connectivity index (χ1v) is 16.3. The second-order valence-corrected chi connectivity index (χ2v) is 12.2. The van der Waals surface area contributed by atoms with E-state index in [1.54, 1.807) is 23.5 Å². The van der Waals surface area contributed by atoms with Crippen molar-refractivity contribution in [2.45, 2.75) is 13.7 Å². The van der Waals surface area contributed by atoms with Gasteiger partial charge in [-0.2, -0.15) is 0 Å². The predicted molar refractivity (Wildman–Crippen MR) is 202 cm³/mol. The number of imidazole rings is 1. The first-order valence-electron chi connectivity index (χ1n) is 18.5. The van der Waals surface area contributed by atoms with Crippen LogP contribution in [0.2, 0.25) is 0 Å². The average molecular weight is 832 g/mol. The molecular weight excluding hydrogens is 795 g/mol. The van der Waals surface area contributed by atoms with E-state index < -0.39 is 13.7 Å². The van der Waals surface area contributed by atoms with Crippen LogP contribution in [0.4, 0.5) is 0 Å². The van der Waals surface area contributed by atoms with Crippen molar-refractivity contribution in [1.29, 1.82) is 0 Å². The van der Waals surface area contributed by atoms with E-state index in [0.29, 0.717) is 11.3 Å². The summed E-state index contributed by atoms with van der Waals surface area (Å²) in [5.41, 5.74) is 8.19. The van der Waals surface area contributed by atoms with Gasteiger partial charge in [-0.3, -0.25) is 16.3 Å². The van der Waals surface area contributed by atoms with Crippen LogP contribution in [0.15, 0.2) is 152 Å². The summed E-state index contributed by atoms with van der Waals surface area (Å²) in [5, 5.41) is 7.25. The molecule has 0 unspecified atom stereocenters. The third-order valence-corrected chi connectivity index (χ3v) is 9.11. The van der Waals surface area contributed by atoms with E-state index in [4.69, 9.17) is 13.2 Å². The average Bonchev–Trinajstić information content (AvgIpc) is 3.78. The van der Waals surface area contributed by atoms with Gasteiger partial charge in [0.2, 0.25) is 0 Å². The second-order valence-electron chi connectivity index (χ2n) is 11.4. The predicted octanol–water partition coefficient (Wildman–Crippen LogP) is 11.7. The molecule has 6 aromatic carbocycles. The molecule has 0 aliphatic carbocycles. The van der Waals surface area contributed by atoms with Crippen LogP contribution < -0.4 is 0 Å². The summed E-state index contributed by atoms with van der Waals surface area (Å²) in [6.45, 7) is -4.34. The molecule has 0 amide bonds. The molecule has 5 heteroatoms. The van der Waals surface area contributed by atoms with Gasteiger partial charge in [0.05, 0.1) is 16.9 Å². The smallest absolute Gasteiger partial charge is 0.0774 e. The molecule has 239 valence electrons. The zero-order valence-corrected chi connectivity index (χ0v) is 29.2. The van der Waals surface area contributed by atoms with Crippen LogP contribution in [0.3, 0.4) is 0 Å². The Kier molecular flexibility index (Phi) is 7.43. The van der Waals surface area contributed by atoms with Crippen LogP contribution in [0, 0.1) is 25.2 Å². The first-order chi connectivity index (χ1) is 26.0. The summed E-state index contributed by atoms with van der Waals surface area (Å²) in [4.78, 5) is 9.16. The van der Waals surface area contributed by atoms with Gasteiger partial charge in [0.25, 0.3) is 0 Å². The number of aryl methyl sites for hydroxylation is 2. The van der Waals surface area contributed by atoms with Gasteiger partial charge in [-0.15, -0.1) is 40.8 Å². The topological polar surface area (TPSA) is 30.7 Å². The summed E-state index contributed by atoms with van der Waals surface area (Å²) in [6.07, 6.45) is 1.30. The van der Waals surface area contributed by atoms with Crippen molar-refractivity contribution in [3.8, 4) is 39.5 Å². The number of rotatable bonds is 4. The molecule has 0 spiro atoms. The van der Waals surface area contributed by atoms with Crippen molar-refractivity contribution in [3.05, 3.63) is 174 Å². The standard InChI is InChI=1S/C31H19N2S.C13H12N.Ir/c1-2-8-21(9-3-1)22-14-16-25(17-15-22)33-29-13-7-6-12-28(29)32-31(33)27-20-34-30-19-24-11-5-4-10-23(24)18-26(27)30;1-10-3-6-12(7-4-10)13-8-5-11(2)9-14-13;/h1-19H;3-6,8-9H,1-2H3;/q2*-1;/i;1D3,2D3;. The van der Waals surface area contributed by atoms with Gasteiger partial charge in [0, 0.05) is 40.2 Å². The maximum atomic E-state index is 7.28. The van der Waals surface area contributed by atoms with Gasteiger partial charge < -0.3 is 9.55 Å². The van der Waals surface area contributed by atoms with Crippen molar-refractivity contribution in [2.24, 2.45) is 0 Å². The minimum absolute atomic E-state index is 0. The van der Waals surface area contributed by atoms with Gasteiger partial charge in [-0.05, 0) is 64.3 Å². The van der Waals surface area contributed by atoms with Crippen LogP contribution >= 0.6 is 11.3 Å². The van der Waals surface area contributed by atoms with Crippen LogP contribution in [0.5, 0.6) is 0 Å². The summed E-state index contributed by atoms with van der Waals surface area (Å²) in [6, 6.07) is 51.1. The number of aromatic nitrogens is 3. The third-order valence-electron chi connectivity index (χ3n) is 8.25. The Morgan fingerprint density at radius 2 is 1.41 bits per heavy atom. The maximum Gasteiger partial charge on any atom is 0.0774 e. The second kappa shape index (κ2) is 14.1. The van der Waals surface area contributed by atoms with Gasteiger partial charge in [-0.1, -0.05) is 126 Å². The fourth-order valence-electron chi connectivity index (χ4n) is 5.85. The minimum atomic E-state index is -2.18. The van der Waals surface area contributed by atoms with Crippen molar-refractivity contribution in [2.75, 3.05) is 0 Å². The van der Waals surface area contributed by atoms with E-state index in [1.165, 1.54) is 56.4 Å². The Morgan fingerprint density at radius 1 is 0.694 bits per heavy atom. The number of para-hydroxylation sites is 2. The zero-order valence-electron chi connectivity index (χ0n) is 32.0. The summed E-state index contributed by atoms with van der Waals surface area (Å²) >= 11 is 1.66. The molecule has 0 saturated heterocycles. The largest absolute Gasteiger partial charge is 0.333 e. The molecule has 0 fully saturated rings. The van der Waals surface area contributed by atoms with Crippen LogP contribution in [-0.4, -0.2) is 14.5 Å². The molecule has 0 saturated carbocycles. The Morgan fingerprint density at radius 3 is 2.14 bits per heavy atom. The number of fused-ring (bicyclic) bond motifs is 3. The SMILES string of the molecule is [2H]C([2H])([2H])c1c[c-]c(-c2ccc(C([2H])([2H])[2H])cn2)cc1.[Ir].[c-]1sc2cc3ccccc3cc2c1-c1nc2ccccc2n1-c1ccc(-c2ccccc2)cc1. The van der Waals surface area contributed by atoms with Crippen molar-refractivity contribution < 1.29 is 28.3 Å². The van der Waals surface area contributed by atoms with Crippen LogP contribution in [0.1, 0.15) is 19.4 Å². The Balaban J connectivity index is 0.000000191. The maximum absolute atomic E-state index is 7.28. The molecule has 3 nitrogen and oxygen atoms in total. The molecule has 0 atom stereocenters. The molecule has 0 N–H and O–H groups in total. The fraction of sp³-hybridized carbons (Fsp3) is 0.0455. The van der Waals surface area contributed by atoms with Crippen LogP contribution in [0.25, 0.3) is 71.4 Å². The molecule has 1 radical (unpaired) electrons. The number of nitrogens with zero attached hydrogens (tertiary/aromatic N) is 3. The van der Waals surface area contributed by atoms with Crippen LogP contribution in [-0.2, 0) is 20.1 Å². The number of hydrogen-bond donors (Lipinski definition) is 0. The number of thiophene rings is 1. The Bertz CT molecular complexity index is 2670. The Labute approximate surface area is 312 Å². The van der Waals surface area contributed by atoms with E-state index >= 15 is 0 Å². The number of hydrogen-bond acceptors (Lipinski definition) is 3. The summed E-state index contributed by atoms with van der Waals surface area (Å²) in [7, 11) is 0. The molecule has 3 aromatic heterocycles. The van der Waals surface area contributed by atoms with Gasteiger partial charge in [0.1, 0.15) is 0 Å². The fourth-order valence-corrected chi connectivity index (χ4v) is 6.72. The molecule has 0 bridgehead atoms. The monoisotopic (exact) mass is 832 g/mol. The van der Waals surface area contributed by atoms with E-state index in [0.717, 1.165) is 28.1 Å². The van der Waals surface area contributed by atoms with Gasteiger partial charge >= 0.3 is 0 Å². The quantitative estimate of drug-likeness (QED) is 0.165. The first kappa shape index (κ1) is 25.8. The number of benzene rings is 6. The summed E-state index contributed by atoms with van der Waals surface area (Å²) in [5.74, 6) is 0.926.